The van der Waals surface area contributed by atoms with E-state index in [0.29, 0.717) is 12.3 Å². The largest absolute Gasteiger partial charge is 0.387 e. The van der Waals surface area contributed by atoms with E-state index < -0.39 is 5.60 Å². The maximum absolute atomic E-state index is 9.86. The second-order valence-corrected chi connectivity index (χ2v) is 5.80. The third-order valence-corrected chi connectivity index (χ3v) is 3.97. The zero-order chi connectivity index (χ0) is 10.6. The summed E-state index contributed by atoms with van der Waals surface area (Å²) in [5, 5.41) is 15.7. The van der Waals surface area contributed by atoms with Gasteiger partial charge in [0, 0.05) is 17.7 Å². The van der Waals surface area contributed by atoms with Gasteiger partial charge in [-0.05, 0) is 29.1 Å². The Hall–Kier alpha value is 0.220. The van der Waals surface area contributed by atoms with Gasteiger partial charge in [-0.2, -0.15) is 11.8 Å². The van der Waals surface area contributed by atoms with E-state index in [1.807, 2.05) is 18.6 Å². The summed E-state index contributed by atoms with van der Waals surface area (Å²) in [6.45, 7) is 2.34. The number of aromatic nitrogens is 1. The second-order valence-electron chi connectivity index (χ2n) is 3.26. The van der Waals surface area contributed by atoms with Gasteiger partial charge in [0.05, 0.1) is 5.60 Å². The number of rotatable bonds is 5. The lowest BCUT2D eigenvalue weighted by molar-refractivity contribution is 0.0997. The molecular formula is C8H13BrN2OS2. The second kappa shape index (κ2) is 5.34. The summed E-state index contributed by atoms with van der Waals surface area (Å²) < 4.78 is 0.828. The fourth-order valence-corrected chi connectivity index (χ4v) is 2.83. The van der Waals surface area contributed by atoms with E-state index in [-0.39, 0.29) is 0 Å². The summed E-state index contributed by atoms with van der Waals surface area (Å²) in [4.78, 5) is 4.18. The summed E-state index contributed by atoms with van der Waals surface area (Å²) in [6.07, 6.45) is 1.98. The molecule has 1 aromatic rings. The van der Waals surface area contributed by atoms with Gasteiger partial charge in [0.1, 0.15) is 4.60 Å². The van der Waals surface area contributed by atoms with Crippen LogP contribution < -0.4 is 5.32 Å². The highest BCUT2D eigenvalue weighted by atomic mass is 79.9. The SMILES string of the molecule is CSCC(C)(O)CNc1nc(Br)cs1. The van der Waals surface area contributed by atoms with E-state index in [9.17, 15) is 5.11 Å². The smallest absolute Gasteiger partial charge is 0.183 e. The molecule has 1 aromatic heterocycles. The monoisotopic (exact) mass is 296 g/mol. The molecule has 6 heteroatoms. The van der Waals surface area contributed by atoms with Crippen molar-refractivity contribution >= 4 is 44.2 Å². The van der Waals surface area contributed by atoms with E-state index in [1.165, 1.54) is 11.3 Å². The number of nitrogens with zero attached hydrogens (tertiary/aromatic N) is 1. The number of aliphatic hydroxyl groups is 1. The molecule has 1 rings (SSSR count). The normalized spacial score (nSPS) is 15.1. The molecule has 0 saturated carbocycles. The van der Waals surface area contributed by atoms with Gasteiger partial charge in [-0.15, -0.1) is 11.3 Å². The predicted molar refractivity (Wildman–Crippen MR) is 67.3 cm³/mol. The lowest BCUT2D eigenvalue weighted by Gasteiger charge is -2.22. The molecule has 1 heterocycles. The maximum atomic E-state index is 9.86. The van der Waals surface area contributed by atoms with Crippen molar-refractivity contribution in [3.05, 3.63) is 9.98 Å². The number of halogens is 1. The van der Waals surface area contributed by atoms with Gasteiger partial charge >= 0.3 is 0 Å². The minimum Gasteiger partial charge on any atom is -0.387 e. The Morgan fingerprint density at radius 3 is 3.00 bits per heavy atom. The van der Waals surface area contributed by atoms with Gasteiger partial charge in [-0.1, -0.05) is 0 Å². The summed E-state index contributed by atoms with van der Waals surface area (Å²) >= 11 is 6.43. The molecule has 1 unspecified atom stereocenters. The number of thioether (sulfide) groups is 1. The van der Waals surface area contributed by atoms with Crippen molar-refractivity contribution in [3.63, 3.8) is 0 Å². The first-order valence-electron chi connectivity index (χ1n) is 4.10. The standard InChI is InChI=1S/C8H13BrN2OS2/c1-8(12,5-13-2)4-10-7-11-6(9)3-14-7/h3,12H,4-5H2,1-2H3,(H,10,11). The van der Waals surface area contributed by atoms with E-state index in [2.05, 4.69) is 26.2 Å². The van der Waals surface area contributed by atoms with Crippen molar-refractivity contribution in [2.75, 3.05) is 23.9 Å². The summed E-state index contributed by atoms with van der Waals surface area (Å²) in [5.74, 6) is 0.715. The van der Waals surface area contributed by atoms with Crippen LogP contribution in [0.4, 0.5) is 5.13 Å². The van der Waals surface area contributed by atoms with Crippen LogP contribution in [0.2, 0.25) is 0 Å². The molecule has 1 atom stereocenters. The van der Waals surface area contributed by atoms with Gasteiger partial charge < -0.3 is 10.4 Å². The highest BCUT2D eigenvalue weighted by molar-refractivity contribution is 9.10. The molecule has 0 aromatic carbocycles. The van der Waals surface area contributed by atoms with Crippen LogP contribution in [0, 0.1) is 0 Å². The molecule has 0 aliphatic carbocycles. The Kier molecular flexibility index (Phi) is 4.69. The zero-order valence-electron chi connectivity index (χ0n) is 8.08. The summed E-state index contributed by atoms with van der Waals surface area (Å²) in [6, 6.07) is 0. The van der Waals surface area contributed by atoms with Gasteiger partial charge in [0.15, 0.2) is 5.13 Å². The van der Waals surface area contributed by atoms with Crippen molar-refractivity contribution < 1.29 is 5.11 Å². The highest BCUT2D eigenvalue weighted by Gasteiger charge is 2.19. The van der Waals surface area contributed by atoms with Crippen molar-refractivity contribution in [2.45, 2.75) is 12.5 Å². The van der Waals surface area contributed by atoms with Gasteiger partial charge in [0.25, 0.3) is 0 Å². The number of anilines is 1. The average molecular weight is 297 g/mol. The molecule has 0 saturated heterocycles. The van der Waals surface area contributed by atoms with Crippen LogP contribution in [0.15, 0.2) is 9.98 Å². The maximum Gasteiger partial charge on any atom is 0.183 e. The molecule has 0 bridgehead atoms. The quantitative estimate of drug-likeness (QED) is 0.876. The third-order valence-electron chi connectivity index (χ3n) is 1.55. The van der Waals surface area contributed by atoms with E-state index >= 15 is 0 Å². The van der Waals surface area contributed by atoms with Crippen molar-refractivity contribution in [3.8, 4) is 0 Å². The number of thiazole rings is 1. The van der Waals surface area contributed by atoms with Crippen LogP contribution in [0.3, 0.4) is 0 Å². The molecular weight excluding hydrogens is 284 g/mol. The first-order valence-corrected chi connectivity index (χ1v) is 7.16. The van der Waals surface area contributed by atoms with Crippen LogP contribution in [-0.4, -0.2) is 34.2 Å². The zero-order valence-corrected chi connectivity index (χ0v) is 11.3. The van der Waals surface area contributed by atoms with E-state index in [4.69, 9.17) is 0 Å². The fraction of sp³-hybridized carbons (Fsp3) is 0.625. The molecule has 0 spiro atoms. The van der Waals surface area contributed by atoms with Crippen LogP contribution in [0.25, 0.3) is 0 Å². The average Bonchev–Trinajstić information content (AvgIpc) is 2.48. The Morgan fingerprint density at radius 2 is 2.50 bits per heavy atom. The first-order chi connectivity index (χ1) is 6.53. The Labute approximate surface area is 100 Å². The minimum atomic E-state index is -0.683. The molecule has 0 radical (unpaired) electrons. The van der Waals surface area contributed by atoms with Crippen LogP contribution in [-0.2, 0) is 0 Å². The molecule has 14 heavy (non-hydrogen) atoms. The van der Waals surface area contributed by atoms with Crippen LogP contribution in [0.5, 0.6) is 0 Å². The number of hydrogen-bond acceptors (Lipinski definition) is 5. The molecule has 0 aliphatic heterocycles. The molecule has 80 valence electrons. The topological polar surface area (TPSA) is 45.1 Å². The fourth-order valence-electron chi connectivity index (χ4n) is 0.963. The first kappa shape index (κ1) is 12.3. The van der Waals surface area contributed by atoms with Crippen molar-refractivity contribution in [2.24, 2.45) is 0 Å². The summed E-state index contributed by atoms with van der Waals surface area (Å²) in [5.41, 5.74) is -0.683. The van der Waals surface area contributed by atoms with Crippen LogP contribution >= 0.6 is 39.0 Å². The van der Waals surface area contributed by atoms with Crippen LogP contribution in [0.1, 0.15) is 6.92 Å². The highest BCUT2D eigenvalue weighted by Crippen LogP contribution is 2.20. The Bertz CT molecular complexity index is 291. The van der Waals surface area contributed by atoms with Gasteiger partial charge in [-0.3, -0.25) is 0 Å². The predicted octanol–water partition coefficient (Wildman–Crippen LogP) is 2.43. The van der Waals surface area contributed by atoms with Crippen molar-refractivity contribution in [1.29, 1.82) is 0 Å². The molecule has 0 amide bonds. The minimum absolute atomic E-state index is 0.522. The lowest BCUT2D eigenvalue weighted by atomic mass is 10.1. The Morgan fingerprint density at radius 1 is 1.79 bits per heavy atom. The Balaban J connectivity index is 2.40. The molecule has 0 aliphatic rings. The van der Waals surface area contributed by atoms with Gasteiger partial charge in [0.2, 0.25) is 0 Å². The van der Waals surface area contributed by atoms with Crippen molar-refractivity contribution in [1.82, 2.24) is 4.98 Å². The number of hydrogen-bond donors (Lipinski definition) is 2. The number of nitrogens with one attached hydrogen (secondary N) is 1. The molecule has 2 N–H and O–H groups in total. The third kappa shape index (κ3) is 4.16. The van der Waals surface area contributed by atoms with E-state index in [0.717, 1.165) is 9.73 Å². The van der Waals surface area contributed by atoms with E-state index in [1.54, 1.807) is 11.8 Å². The molecule has 3 nitrogen and oxygen atoms in total. The molecule has 0 fully saturated rings. The lowest BCUT2D eigenvalue weighted by Crippen LogP contribution is -2.36. The van der Waals surface area contributed by atoms with Gasteiger partial charge in [-0.25, -0.2) is 4.98 Å². The summed E-state index contributed by atoms with van der Waals surface area (Å²) in [7, 11) is 0.